The van der Waals surface area contributed by atoms with Crippen molar-refractivity contribution in [3.63, 3.8) is 0 Å². The first-order valence-electron chi connectivity index (χ1n) is 4.41. The van der Waals surface area contributed by atoms with Crippen LogP contribution in [0.3, 0.4) is 0 Å². The van der Waals surface area contributed by atoms with E-state index in [1.165, 1.54) is 30.6 Å². The third kappa shape index (κ3) is 3.29. The van der Waals surface area contributed by atoms with Crippen LogP contribution >= 0.6 is 22.6 Å². The lowest BCUT2D eigenvalue weighted by Gasteiger charge is -2.08. The van der Waals surface area contributed by atoms with Crippen molar-refractivity contribution < 1.29 is 9.53 Å². The van der Waals surface area contributed by atoms with Gasteiger partial charge >= 0.3 is 5.97 Å². The second kappa shape index (κ2) is 5.04. The Kier molecular flexibility index (Phi) is 4.32. The maximum atomic E-state index is 10.5. The lowest BCUT2D eigenvalue weighted by Crippen LogP contribution is -2.09. The lowest BCUT2D eigenvalue weighted by atomic mass is 10.1. The van der Waals surface area contributed by atoms with E-state index in [2.05, 4.69) is 22.6 Å². The zero-order chi connectivity index (χ0) is 8.97. The lowest BCUT2D eigenvalue weighted by molar-refractivity contribution is -0.142. The van der Waals surface area contributed by atoms with Crippen molar-refractivity contribution in [3.8, 4) is 0 Å². The number of esters is 1. The van der Waals surface area contributed by atoms with Crippen LogP contribution in [0.5, 0.6) is 0 Å². The average molecular weight is 282 g/mol. The maximum absolute atomic E-state index is 10.5. The zero-order valence-electron chi connectivity index (χ0n) is 7.38. The van der Waals surface area contributed by atoms with E-state index in [4.69, 9.17) is 4.74 Å². The summed E-state index contributed by atoms with van der Waals surface area (Å²) in [4.78, 5) is 10.5. The van der Waals surface area contributed by atoms with Gasteiger partial charge < -0.3 is 4.74 Å². The summed E-state index contributed by atoms with van der Waals surface area (Å²) in [7, 11) is 0. The normalized spacial score (nSPS) is 28.8. The fourth-order valence-corrected chi connectivity index (χ4v) is 2.51. The van der Waals surface area contributed by atoms with Crippen LogP contribution < -0.4 is 0 Å². The number of carbonyl (C=O) groups is 1. The highest BCUT2D eigenvalue weighted by Gasteiger charge is 2.24. The van der Waals surface area contributed by atoms with Gasteiger partial charge in [-0.15, -0.1) is 0 Å². The molecule has 0 unspecified atom stereocenters. The monoisotopic (exact) mass is 282 g/mol. The van der Waals surface area contributed by atoms with E-state index >= 15 is 0 Å². The van der Waals surface area contributed by atoms with Gasteiger partial charge in [-0.05, 0) is 31.1 Å². The van der Waals surface area contributed by atoms with Crippen molar-refractivity contribution in [1.29, 1.82) is 0 Å². The molecule has 0 aliphatic heterocycles. The SMILES string of the molecule is CC(=O)OC[C@H]1CC[C@@H](CI)C1. The molecule has 0 aromatic carbocycles. The van der Waals surface area contributed by atoms with E-state index in [0.717, 1.165) is 5.92 Å². The van der Waals surface area contributed by atoms with Crippen LogP contribution in [0.4, 0.5) is 0 Å². The third-order valence-electron chi connectivity index (χ3n) is 2.39. The molecule has 0 amide bonds. The van der Waals surface area contributed by atoms with Crippen LogP contribution in [0, 0.1) is 11.8 Å². The molecule has 1 aliphatic rings. The van der Waals surface area contributed by atoms with Crippen molar-refractivity contribution in [3.05, 3.63) is 0 Å². The average Bonchev–Trinajstić information content (AvgIpc) is 2.48. The second-order valence-electron chi connectivity index (χ2n) is 3.50. The fraction of sp³-hybridized carbons (Fsp3) is 0.889. The summed E-state index contributed by atoms with van der Waals surface area (Å²) in [5.41, 5.74) is 0. The minimum atomic E-state index is -0.145. The summed E-state index contributed by atoms with van der Waals surface area (Å²) in [6.45, 7) is 2.12. The Morgan fingerprint density at radius 2 is 2.17 bits per heavy atom. The summed E-state index contributed by atoms with van der Waals surface area (Å²) in [6, 6.07) is 0. The van der Waals surface area contributed by atoms with Crippen molar-refractivity contribution in [1.82, 2.24) is 0 Å². The second-order valence-corrected chi connectivity index (χ2v) is 4.38. The number of rotatable bonds is 3. The highest BCUT2D eigenvalue weighted by molar-refractivity contribution is 14.1. The number of hydrogen-bond acceptors (Lipinski definition) is 2. The van der Waals surface area contributed by atoms with Gasteiger partial charge in [0.15, 0.2) is 0 Å². The molecule has 0 aromatic heterocycles. The Hall–Kier alpha value is 0.200. The van der Waals surface area contributed by atoms with Crippen molar-refractivity contribution in [2.45, 2.75) is 26.2 Å². The highest BCUT2D eigenvalue weighted by Crippen LogP contribution is 2.32. The van der Waals surface area contributed by atoms with Gasteiger partial charge in [0, 0.05) is 11.4 Å². The molecule has 0 saturated heterocycles. The molecular weight excluding hydrogens is 267 g/mol. The van der Waals surface area contributed by atoms with Crippen LogP contribution in [0.1, 0.15) is 26.2 Å². The predicted molar refractivity (Wildman–Crippen MR) is 56.4 cm³/mol. The molecule has 2 nitrogen and oxygen atoms in total. The van der Waals surface area contributed by atoms with Crippen molar-refractivity contribution in [2.24, 2.45) is 11.8 Å². The molecule has 0 bridgehead atoms. The Morgan fingerprint density at radius 1 is 1.50 bits per heavy atom. The number of ether oxygens (including phenoxy) is 1. The molecule has 1 saturated carbocycles. The molecule has 2 atom stereocenters. The van der Waals surface area contributed by atoms with Crippen molar-refractivity contribution >= 4 is 28.6 Å². The van der Waals surface area contributed by atoms with Gasteiger partial charge in [-0.2, -0.15) is 0 Å². The summed E-state index contributed by atoms with van der Waals surface area (Å²) < 4.78 is 6.22. The van der Waals surface area contributed by atoms with Crippen LogP contribution in [0.25, 0.3) is 0 Å². The molecule has 0 aromatic rings. The summed E-state index contributed by atoms with van der Waals surface area (Å²) in [6.07, 6.45) is 3.80. The molecular formula is C9H15IO2. The van der Waals surface area contributed by atoms with Crippen molar-refractivity contribution in [2.75, 3.05) is 11.0 Å². The van der Waals surface area contributed by atoms with Crippen LogP contribution in [0.15, 0.2) is 0 Å². The zero-order valence-corrected chi connectivity index (χ0v) is 9.54. The van der Waals surface area contributed by atoms with Gasteiger partial charge in [-0.1, -0.05) is 22.6 Å². The fourth-order valence-electron chi connectivity index (χ4n) is 1.71. The molecule has 0 spiro atoms. The molecule has 1 fully saturated rings. The van der Waals surface area contributed by atoms with Gasteiger partial charge in [-0.3, -0.25) is 4.79 Å². The molecule has 1 rings (SSSR count). The van der Waals surface area contributed by atoms with E-state index in [0.29, 0.717) is 12.5 Å². The molecule has 0 N–H and O–H groups in total. The predicted octanol–water partition coefficient (Wildman–Crippen LogP) is 2.40. The number of alkyl halides is 1. The first kappa shape index (κ1) is 10.3. The Morgan fingerprint density at radius 3 is 2.67 bits per heavy atom. The summed E-state index contributed by atoms with van der Waals surface area (Å²) in [5.74, 6) is 1.35. The van der Waals surface area contributed by atoms with Gasteiger partial charge in [0.25, 0.3) is 0 Å². The van der Waals surface area contributed by atoms with Gasteiger partial charge in [0.2, 0.25) is 0 Å². The number of hydrogen-bond donors (Lipinski definition) is 0. The summed E-state index contributed by atoms with van der Waals surface area (Å²) >= 11 is 2.43. The highest BCUT2D eigenvalue weighted by atomic mass is 127. The van der Waals surface area contributed by atoms with Gasteiger partial charge in [0.1, 0.15) is 0 Å². The molecule has 0 heterocycles. The molecule has 3 heteroatoms. The van der Waals surface area contributed by atoms with Gasteiger partial charge in [0.05, 0.1) is 6.61 Å². The van der Waals surface area contributed by atoms with Crippen LogP contribution in [-0.2, 0) is 9.53 Å². The number of carbonyl (C=O) groups excluding carboxylic acids is 1. The molecule has 1 aliphatic carbocycles. The van der Waals surface area contributed by atoms with Crippen LogP contribution in [0.2, 0.25) is 0 Å². The number of halogens is 1. The first-order chi connectivity index (χ1) is 5.72. The topological polar surface area (TPSA) is 26.3 Å². The van der Waals surface area contributed by atoms with E-state index in [-0.39, 0.29) is 5.97 Å². The Labute approximate surface area is 87.2 Å². The Bertz CT molecular complexity index is 159. The van der Waals surface area contributed by atoms with Crippen LogP contribution in [-0.4, -0.2) is 17.0 Å². The minimum Gasteiger partial charge on any atom is -0.466 e. The standard InChI is InChI=1S/C9H15IO2/c1-7(11)12-6-9-3-2-8(4-9)5-10/h8-9H,2-6H2,1H3/t8-,9+/m1/s1. The smallest absolute Gasteiger partial charge is 0.302 e. The molecule has 70 valence electrons. The molecule has 12 heavy (non-hydrogen) atoms. The maximum Gasteiger partial charge on any atom is 0.302 e. The largest absolute Gasteiger partial charge is 0.466 e. The van der Waals surface area contributed by atoms with E-state index < -0.39 is 0 Å². The van der Waals surface area contributed by atoms with E-state index in [1.807, 2.05) is 0 Å². The summed E-state index contributed by atoms with van der Waals surface area (Å²) in [5, 5.41) is 0. The van der Waals surface area contributed by atoms with E-state index in [1.54, 1.807) is 0 Å². The minimum absolute atomic E-state index is 0.145. The van der Waals surface area contributed by atoms with E-state index in [9.17, 15) is 4.79 Å². The van der Waals surface area contributed by atoms with Gasteiger partial charge in [-0.25, -0.2) is 0 Å². The quantitative estimate of drug-likeness (QED) is 0.451. The molecule has 0 radical (unpaired) electrons. The first-order valence-corrected chi connectivity index (χ1v) is 5.94. The Balaban J connectivity index is 2.15. The third-order valence-corrected chi connectivity index (χ3v) is 3.64.